The standard InChI is InChI=1S/C15H14O2.C15H14O.C14H14O2.C14H12O/c1-11(16)12-3-5-13(6-4-12)14-7-9-15(17-2)10-8-14;1-11-3-5-14(6-4-11)15-9-7-13(8-10-15)12(2)16;1-15-13-7-3-11(4-8-13)12-5-9-14(16-2)10-6-12;1-11(15)12-7-9-14(10-8-12)13-5-3-2-4-6-13/h3-10H,1-2H3;2*3-10H,1-2H3;2-10H,1H3. The summed E-state index contributed by atoms with van der Waals surface area (Å²) >= 11 is 0. The Balaban J connectivity index is 0.000000161. The van der Waals surface area contributed by atoms with E-state index in [9.17, 15) is 14.4 Å². The average Bonchev–Trinajstić information content (AvgIpc) is 3.35. The molecule has 322 valence electrons. The molecule has 0 aliphatic carbocycles. The first-order valence-corrected chi connectivity index (χ1v) is 20.9. The topological polar surface area (TPSA) is 78.9 Å². The summed E-state index contributed by atoms with van der Waals surface area (Å²) in [6, 6.07) is 65.4. The normalized spacial score (nSPS) is 9.98. The van der Waals surface area contributed by atoms with E-state index in [4.69, 9.17) is 14.2 Å². The molecule has 0 aliphatic rings. The first kappa shape index (κ1) is 47.2. The number of ketones is 3. The van der Waals surface area contributed by atoms with Crippen molar-refractivity contribution in [3.63, 3.8) is 0 Å². The summed E-state index contributed by atoms with van der Waals surface area (Å²) in [5.41, 5.74) is 12.7. The van der Waals surface area contributed by atoms with Crippen molar-refractivity contribution in [2.24, 2.45) is 0 Å². The van der Waals surface area contributed by atoms with Crippen LogP contribution in [0.5, 0.6) is 17.2 Å². The van der Waals surface area contributed by atoms with Gasteiger partial charge in [-0.15, -0.1) is 0 Å². The molecule has 64 heavy (non-hydrogen) atoms. The van der Waals surface area contributed by atoms with Gasteiger partial charge in [-0.25, -0.2) is 0 Å². The molecule has 0 aromatic heterocycles. The maximum Gasteiger partial charge on any atom is 0.159 e. The first-order chi connectivity index (χ1) is 31.0. The Morgan fingerprint density at radius 3 is 0.703 bits per heavy atom. The van der Waals surface area contributed by atoms with Gasteiger partial charge in [0.2, 0.25) is 0 Å². The minimum atomic E-state index is 0.0891. The van der Waals surface area contributed by atoms with Gasteiger partial charge in [0, 0.05) is 16.7 Å². The van der Waals surface area contributed by atoms with Crippen LogP contribution in [0.3, 0.4) is 0 Å². The zero-order chi connectivity index (χ0) is 45.8. The Morgan fingerprint density at radius 1 is 0.281 bits per heavy atom. The van der Waals surface area contributed by atoms with Crippen molar-refractivity contribution in [1.82, 2.24) is 0 Å². The van der Waals surface area contributed by atoms with Gasteiger partial charge >= 0.3 is 0 Å². The van der Waals surface area contributed by atoms with E-state index in [1.165, 1.54) is 27.8 Å². The highest BCUT2D eigenvalue weighted by Crippen LogP contribution is 2.26. The summed E-state index contributed by atoms with van der Waals surface area (Å²) in [5.74, 6) is 2.89. The van der Waals surface area contributed by atoms with Gasteiger partial charge in [-0.05, 0) is 109 Å². The Hall–Kier alpha value is -7.83. The predicted molar refractivity (Wildman–Crippen MR) is 262 cm³/mol. The number of hydrogen-bond donors (Lipinski definition) is 0. The molecule has 6 nitrogen and oxygen atoms in total. The Bertz CT molecular complexity index is 2620. The number of hydrogen-bond acceptors (Lipinski definition) is 6. The predicted octanol–water partition coefficient (Wildman–Crippen LogP) is 14.4. The van der Waals surface area contributed by atoms with E-state index < -0.39 is 0 Å². The van der Waals surface area contributed by atoms with Crippen LogP contribution in [0.2, 0.25) is 0 Å². The molecular weight excluding hydrogens is 793 g/mol. The minimum absolute atomic E-state index is 0.0891. The van der Waals surface area contributed by atoms with Gasteiger partial charge in [0.1, 0.15) is 17.2 Å². The van der Waals surface area contributed by atoms with E-state index in [1.54, 1.807) is 42.1 Å². The van der Waals surface area contributed by atoms with Gasteiger partial charge < -0.3 is 14.2 Å². The molecule has 0 heterocycles. The van der Waals surface area contributed by atoms with Crippen molar-refractivity contribution in [3.05, 3.63) is 222 Å². The molecule has 0 radical (unpaired) electrons. The number of methoxy groups -OCH3 is 3. The molecule has 8 aromatic rings. The SMILES string of the molecule is CC(=O)c1ccc(-c2ccc(C)cc2)cc1.CC(=O)c1ccc(-c2ccccc2)cc1.COc1ccc(-c2ccc(C(C)=O)cc2)cc1.COc1ccc(-c2ccc(OC)cc2)cc1. The molecule has 0 N–H and O–H groups in total. The van der Waals surface area contributed by atoms with Gasteiger partial charge in [0.05, 0.1) is 21.3 Å². The molecule has 0 atom stereocenters. The molecule has 0 saturated carbocycles. The van der Waals surface area contributed by atoms with Crippen molar-refractivity contribution >= 4 is 17.3 Å². The number of benzene rings is 8. The van der Waals surface area contributed by atoms with Gasteiger partial charge in [0.25, 0.3) is 0 Å². The first-order valence-electron chi connectivity index (χ1n) is 20.9. The highest BCUT2D eigenvalue weighted by molar-refractivity contribution is 5.95. The number of rotatable bonds is 10. The van der Waals surface area contributed by atoms with Crippen molar-refractivity contribution in [2.45, 2.75) is 27.7 Å². The fourth-order valence-electron chi connectivity index (χ4n) is 6.42. The van der Waals surface area contributed by atoms with Crippen LogP contribution in [0.1, 0.15) is 57.4 Å². The van der Waals surface area contributed by atoms with Gasteiger partial charge in [-0.2, -0.15) is 0 Å². The lowest BCUT2D eigenvalue weighted by Gasteiger charge is -2.05. The third kappa shape index (κ3) is 14.1. The Kier molecular flexibility index (Phi) is 17.7. The molecule has 0 spiro atoms. The van der Waals surface area contributed by atoms with Crippen molar-refractivity contribution in [3.8, 4) is 61.8 Å². The van der Waals surface area contributed by atoms with E-state index in [0.29, 0.717) is 0 Å². The zero-order valence-corrected chi connectivity index (χ0v) is 37.5. The van der Waals surface area contributed by atoms with Crippen LogP contribution in [0.25, 0.3) is 44.5 Å². The average molecular weight is 847 g/mol. The van der Waals surface area contributed by atoms with Crippen LogP contribution >= 0.6 is 0 Å². The summed E-state index contributed by atoms with van der Waals surface area (Å²) in [6.07, 6.45) is 0. The highest BCUT2D eigenvalue weighted by atomic mass is 16.5. The number of Topliss-reactive ketones (excluding diaryl/α,β-unsaturated/α-hetero) is 3. The lowest BCUT2D eigenvalue weighted by Crippen LogP contribution is -1.90. The second-order valence-electron chi connectivity index (χ2n) is 14.8. The molecule has 8 rings (SSSR count). The summed E-state index contributed by atoms with van der Waals surface area (Å²) < 4.78 is 15.4. The van der Waals surface area contributed by atoms with Crippen LogP contribution in [-0.2, 0) is 0 Å². The van der Waals surface area contributed by atoms with E-state index in [-0.39, 0.29) is 17.3 Å². The van der Waals surface area contributed by atoms with Crippen LogP contribution in [-0.4, -0.2) is 38.7 Å². The smallest absolute Gasteiger partial charge is 0.159 e. The molecule has 6 heteroatoms. The van der Waals surface area contributed by atoms with Crippen LogP contribution in [0.4, 0.5) is 0 Å². The quantitative estimate of drug-likeness (QED) is 0.128. The van der Waals surface area contributed by atoms with Crippen LogP contribution < -0.4 is 14.2 Å². The van der Waals surface area contributed by atoms with E-state index in [0.717, 1.165) is 56.2 Å². The van der Waals surface area contributed by atoms with E-state index in [2.05, 4.69) is 43.3 Å². The van der Waals surface area contributed by atoms with Gasteiger partial charge in [-0.3, -0.25) is 14.4 Å². The number of ether oxygens (including phenoxy) is 3. The maximum atomic E-state index is 11.2. The second-order valence-corrected chi connectivity index (χ2v) is 14.8. The minimum Gasteiger partial charge on any atom is -0.497 e. The van der Waals surface area contributed by atoms with Crippen molar-refractivity contribution in [1.29, 1.82) is 0 Å². The summed E-state index contributed by atoms with van der Waals surface area (Å²) in [4.78, 5) is 33.4. The molecule has 0 saturated heterocycles. The van der Waals surface area contributed by atoms with Crippen LogP contribution in [0.15, 0.2) is 200 Å². The summed E-state index contributed by atoms with van der Waals surface area (Å²) in [7, 11) is 4.99. The fraction of sp³-hybridized carbons (Fsp3) is 0.121. The molecule has 0 bridgehead atoms. The lowest BCUT2D eigenvalue weighted by atomic mass is 10.0. The Labute approximate surface area is 377 Å². The van der Waals surface area contributed by atoms with Crippen molar-refractivity contribution < 1.29 is 28.6 Å². The molecule has 0 fully saturated rings. The third-order valence-electron chi connectivity index (χ3n) is 10.3. The van der Waals surface area contributed by atoms with E-state index in [1.807, 2.05) is 164 Å². The largest absolute Gasteiger partial charge is 0.497 e. The van der Waals surface area contributed by atoms with Crippen molar-refractivity contribution in [2.75, 3.05) is 21.3 Å². The van der Waals surface area contributed by atoms with E-state index >= 15 is 0 Å². The maximum absolute atomic E-state index is 11.2. The van der Waals surface area contributed by atoms with Crippen LogP contribution in [0, 0.1) is 6.92 Å². The molecule has 0 aliphatic heterocycles. The monoisotopic (exact) mass is 846 g/mol. The van der Waals surface area contributed by atoms with Gasteiger partial charge in [-0.1, -0.05) is 169 Å². The number of carbonyl (C=O) groups excluding carboxylic acids is 3. The molecular formula is C58H54O6. The second kappa shape index (κ2) is 24.0. The van der Waals surface area contributed by atoms with Gasteiger partial charge in [0.15, 0.2) is 17.3 Å². The number of aryl methyl sites for hydroxylation is 1. The number of carbonyl (C=O) groups is 3. The highest BCUT2D eigenvalue weighted by Gasteiger charge is 2.04. The summed E-state index contributed by atoms with van der Waals surface area (Å²) in [5, 5.41) is 0. The molecule has 0 unspecified atom stereocenters. The lowest BCUT2D eigenvalue weighted by molar-refractivity contribution is 0.100. The molecule has 8 aromatic carbocycles. The third-order valence-corrected chi connectivity index (χ3v) is 10.3. The summed E-state index contributed by atoms with van der Waals surface area (Å²) in [6.45, 7) is 6.81. The molecule has 0 amide bonds. The zero-order valence-electron chi connectivity index (χ0n) is 37.5. The fourth-order valence-corrected chi connectivity index (χ4v) is 6.42. The Morgan fingerprint density at radius 2 is 0.484 bits per heavy atom.